The maximum Gasteiger partial charge on any atom is 0.0940 e. The second kappa shape index (κ2) is 3.38. The highest BCUT2D eigenvalue weighted by Crippen LogP contribution is 2.65. The van der Waals surface area contributed by atoms with Gasteiger partial charge < -0.3 is 0 Å². The smallest absolute Gasteiger partial charge is 0.0940 e. The van der Waals surface area contributed by atoms with Crippen molar-refractivity contribution in [2.75, 3.05) is 60.4 Å². The summed E-state index contributed by atoms with van der Waals surface area (Å²) in [6.07, 6.45) is 0. The molecule has 3 fully saturated rings. The van der Waals surface area contributed by atoms with E-state index in [1.165, 1.54) is 39.3 Å². The Morgan fingerprint density at radius 1 is 0.867 bits per heavy atom. The molecule has 3 heterocycles. The summed E-state index contributed by atoms with van der Waals surface area (Å²) in [7, 11) is 6.84. The molecule has 0 aromatic rings. The molecule has 2 bridgehead atoms. The predicted molar refractivity (Wildman–Crippen MR) is 64.0 cm³/mol. The Kier molecular flexibility index (Phi) is 2.35. The molecule has 0 radical (unpaired) electrons. The van der Waals surface area contributed by atoms with Gasteiger partial charge in [0.2, 0.25) is 0 Å². The van der Waals surface area contributed by atoms with Gasteiger partial charge in [0, 0.05) is 39.3 Å². The minimum Gasteiger partial charge on any atom is -0.298 e. The molecule has 5 heteroatoms. The molecule has 3 atom stereocenters. The third-order valence-corrected chi connectivity index (χ3v) is 7.18. The highest BCUT2D eigenvalue weighted by molar-refractivity contribution is 7.56. The Morgan fingerprint density at radius 3 is 2.33 bits per heavy atom. The fraction of sp³-hybridized carbons (Fsp3) is 1.00. The van der Waals surface area contributed by atoms with Crippen LogP contribution in [0.15, 0.2) is 0 Å². The van der Waals surface area contributed by atoms with Gasteiger partial charge in [-0.3, -0.25) is 19.1 Å². The minimum atomic E-state index is -0.0695. The largest absolute Gasteiger partial charge is 0.298 e. The lowest BCUT2D eigenvalue weighted by Gasteiger charge is -2.63. The van der Waals surface area contributed by atoms with E-state index in [0.717, 1.165) is 0 Å². The molecule has 3 aliphatic rings. The minimum absolute atomic E-state index is 0.0695. The number of hydrogen-bond acceptors (Lipinski definition) is 4. The van der Waals surface area contributed by atoms with Crippen molar-refractivity contribution >= 4 is 8.22 Å². The summed E-state index contributed by atoms with van der Waals surface area (Å²) in [6, 6.07) is 0. The maximum atomic E-state index is 2.66. The summed E-state index contributed by atoms with van der Waals surface area (Å²) in [5.41, 5.74) is 0. The third kappa shape index (κ3) is 1.32. The number of fused-ring (bicyclic) bond motifs is 1. The fourth-order valence-electron chi connectivity index (χ4n) is 3.33. The quantitative estimate of drug-likeness (QED) is 0.546. The maximum absolute atomic E-state index is 2.66. The first-order chi connectivity index (χ1) is 7.13. The first-order valence-corrected chi connectivity index (χ1v) is 7.04. The third-order valence-electron chi connectivity index (χ3n) is 4.18. The molecule has 15 heavy (non-hydrogen) atoms. The molecule has 0 amide bonds. The molecule has 3 rings (SSSR count). The van der Waals surface area contributed by atoms with E-state index in [1.807, 2.05) is 0 Å². The molecule has 3 aliphatic heterocycles. The lowest BCUT2D eigenvalue weighted by molar-refractivity contribution is 0.0445. The monoisotopic (exact) mass is 228 g/mol. The van der Waals surface area contributed by atoms with Crippen LogP contribution in [0.3, 0.4) is 0 Å². The van der Waals surface area contributed by atoms with Gasteiger partial charge in [-0.25, -0.2) is 0 Å². The second-order valence-corrected chi connectivity index (χ2v) is 7.94. The van der Waals surface area contributed by atoms with Crippen LogP contribution in [-0.2, 0) is 0 Å². The zero-order valence-electron chi connectivity index (χ0n) is 9.98. The summed E-state index contributed by atoms with van der Waals surface area (Å²) in [4.78, 5) is 5.28. The van der Waals surface area contributed by atoms with Gasteiger partial charge >= 0.3 is 0 Å². The topological polar surface area (TPSA) is 13.0 Å². The highest BCUT2D eigenvalue weighted by Gasteiger charge is 2.58. The van der Waals surface area contributed by atoms with Crippen LogP contribution in [-0.4, -0.2) is 84.8 Å². The molecule has 86 valence electrons. The van der Waals surface area contributed by atoms with Crippen LogP contribution in [0.4, 0.5) is 0 Å². The summed E-state index contributed by atoms with van der Waals surface area (Å²) in [5.74, 6) is 0. The first kappa shape index (κ1) is 10.4. The van der Waals surface area contributed by atoms with Gasteiger partial charge in [0.05, 0.1) is 13.5 Å². The second-order valence-electron chi connectivity index (χ2n) is 5.17. The van der Waals surface area contributed by atoms with E-state index in [4.69, 9.17) is 0 Å². The van der Waals surface area contributed by atoms with Gasteiger partial charge in [0.1, 0.15) is 0 Å². The summed E-state index contributed by atoms with van der Waals surface area (Å²) < 4.78 is 5.15. The van der Waals surface area contributed by atoms with Crippen LogP contribution in [0.25, 0.3) is 0 Å². The number of hydrogen-bond donors (Lipinski definition) is 0. The Hall–Kier alpha value is 0.270. The summed E-state index contributed by atoms with van der Waals surface area (Å²) in [6.45, 7) is 7.57. The lowest BCUT2D eigenvalue weighted by Crippen LogP contribution is -2.69. The molecule has 3 saturated heterocycles. The molecule has 0 aliphatic carbocycles. The van der Waals surface area contributed by atoms with Gasteiger partial charge in [-0.2, -0.15) is 0 Å². The Labute approximate surface area is 93.7 Å². The Bertz CT molecular complexity index is 274. The SMILES string of the molecule is CN1CCN2CCN(C)C3(C2)CN(C)P13. The van der Waals surface area contributed by atoms with Gasteiger partial charge in [-0.05, 0) is 21.1 Å². The van der Waals surface area contributed by atoms with Crippen molar-refractivity contribution in [1.82, 2.24) is 19.1 Å². The Balaban J connectivity index is 1.93. The van der Waals surface area contributed by atoms with E-state index in [0.29, 0.717) is 5.28 Å². The van der Waals surface area contributed by atoms with E-state index in [2.05, 4.69) is 40.3 Å². The van der Waals surface area contributed by atoms with Crippen molar-refractivity contribution < 1.29 is 0 Å². The first-order valence-electron chi connectivity index (χ1n) is 5.79. The van der Waals surface area contributed by atoms with E-state index < -0.39 is 0 Å². The molecular formula is C10H21N4P. The Morgan fingerprint density at radius 2 is 1.60 bits per heavy atom. The van der Waals surface area contributed by atoms with Crippen LogP contribution in [0, 0.1) is 0 Å². The van der Waals surface area contributed by atoms with Crippen molar-refractivity contribution in [3.8, 4) is 0 Å². The number of piperazine rings is 1. The van der Waals surface area contributed by atoms with Crippen molar-refractivity contribution in [1.29, 1.82) is 0 Å². The highest BCUT2D eigenvalue weighted by atomic mass is 31.1. The summed E-state index contributed by atoms with van der Waals surface area (Å²) >= 11 is 0. The average Bonchev–Trinajstić information content (AvgIpc) is 2.26. The van der Waals surface area contributed by atoms with Crippen LogP contribution in [0.1, 0.15) is 0 Å². The lowest BCUT2D eigenvalue weighted by atomic mass is 10.1. The van der Waals surface area contributed by atoms with E-state index in [-0.39, 0.29) is 8.22 Å². The van der Waals surface area contributed by atoms with Crippen LogP contribution in [0.2, 0.25) is 0 Å². The van der Waals surface area contributed by atoms with Crippen molar-refractivity contribution in [3.63, 3.8) is 0 Å². The van der Waals surface area contributed by atoms with Gasteiger partial charge in [-0.1, -0.05) is 0 Å². The normalized spacial score (nSPS) is 48.2. The zero-order valence-corrected chi connectivity index (χ0v) is 10.9. The average molecular weight is 228 g/mol. The molecule has 0 aromatic heterocycles. The fourth-order valence-corrected chi connectivity index (χ4v) is 6.61. The van der Waals surface area contributed by atoms with E-state index in [9.17, 15) is 0 Å². The standard InChI is InChI=1S/C10H21N4P/c1-11-4-6-14-7-5-12(2)15-10(11,9-14)8-13(15)3/h4-9H2,1-3H3. The van der Waals surface area contributed by atoms with Crippen molar-refractivity contribution in [2.45, 2.75) is 5.28 Å². The van der Waals surface area contributed by atoms with Crippen molar-refractivity contribution in [2.24, 2.45) is 0 Å². The van der Waals surface area contributed by atoms with Gasteiger partial charge in [-0.15, -0.1) is 0 Å². The molecular weight excluding hydrogens is 207 g/mol. The van der Waals surface area contributed by atoms with Crippen LogP contribution < -0.4 is 0 Å². The van der Waals surface area contributed by atoms with Crippen LogP contribution >= 0.6 is 8.22 Å². The van der Waals surface area contributed by atoms with Crippen LogP contribution in [0.5, 0.6) is 0 Å². The molecule has 0 saturated carbocycles. The summed E-state index contributed by atoms with van der Waals surface area (Å²) in [5, 5.41) is 0.480. The number of nitrogens with zero attached hydrogens (tertiary/aromatic N) is 4. The molecule has 1 spiro atoms. The van der Waals surface area contributed by atoms with Gasteiger partial charge in [0.25, 0.3) is 0 Å². The zero-order chi connectivity index (χ0) is 10.6. The van der Waals surface area contributed by atoms with E-state index in [1.54, 1.807) is 0 Å². The molecule has 4 nitrogen and oxygen atoms in total. The van der Waals surface area contributed by atoms with Gasteiger partial charge in [0.15, 0.2) is 0 Å². The molecule has 0 aromatic carbocycles. The van der Waals surface area contributed by atoms with E-state index >= 15 is 0 Å². The number of likely N-dealkylation sites (N-methyl/N-ethyl adjacent to an activating group) is 3. The number of rotatable bonds is 0. The van der Waals surface area contributed by atoms with Crippen molar-refractivity contribution in [3.05, 3.63) is 0 Å². The molecule has 3 unspecified atom stereocenters. The molecule has 0 N–H and O–H groups in total. The predicted octanol–water partition coefficient (Wildman–Crippen LogP) is 0.133.